The maximum atomic E-state index is 2.51. The van der Waals surface area contributed by atoms with Crippen LogP contribution in [-0.2, 0) is 0 Å². The van der Waals surface area contributed by atoms with Gasteiger partial charge >= 0.3 is 0 Å². The lowest BCUT2D eigenvalue weighted by Crippen LogP contribution is -2.22. The average molecular weight is 220 g/mol. The highest BCUT2D eigenvalue weighted by Gasteiger charge is 2.29. The Labute approximate surface area is 102 Å². The Bertz CT molecular complexity index is 228. The predicted octanol–water partition coefficient (Wildman–Crippen LogP) is 5.20. The Hall–Kier alpha value is -0.260. The van der Waals surface area contributed by atoms with Crippen LogP contribution in [0, 0.1) is 23.7 Å². The van der Waals surface area contributed by atoms with Crippen molar-refractivity contribution < 1.29 is 0 Å². The van der Waals surface area contributed by atoms with Crippen molar-refractivity contribution in [1.82, 2.24) is 0 Å². The second kappa shape index (κ2) is 5.89. The quantitative estimate of drug-likeness (QED) is 0.574. The zero-order chi connectivity index (χ0) is 11.4. The van der Waals surface area contributed by atoms with E-state index in [1.54, 1.807) is 0 Å². The molecule has 2 aliphatic rings. The van der Waals surface area contributed by atoms with Crippen LogP contribution in [0.5, 0.6) is 0 Å². The first kappa shape index (κ1) is 12.2. The minimum absolute atomic E-state index is 0.941. The van der Waals surface area contributed by atoms with Gasteiger partial charge in [0.15, 0.2) is 0 Å². The molecule has 16 heavy (non-hydrogen) atoms. The lowest BCUT2D eigenvalue weighted by molar-refractivity contribution is 0.193. The summed E-state index contributed by atoms with van der Waals surface area (Å²) in [6.45, 7) is 4.75. The molecular weight excluding hydrogens is 192 g/mol. The molecule has 0 heterocycles. The largest absolute Gasteiger partial charge is 0.0880 e. The molecule has 1 saturated carbocycles. The van der Waals surface area contributed by atoms with Crippen LogP contribution in [0.3, 0.4) is 0 Å². The fourth-order valence-electron chi connectivity index (χ4n) is 4.02. The number of hydrogen-bond donors (Lipinski definition) is 0. The Kier molecular flexibility index (Phi) is 4.49. The molecule has 4 atom stereocenters. The molecule has 1 fully saturated rings. The van der Waals surface area contributed by atoms with E-state index in [1.165, 1.54) is 51.4 Å². The second-order valence-electron chi connectivity index (χ2n) is 5.96. The second-order valence-corrected chi connectivity index (χ2v) is 5.96. The van der Waals surface area contributed by atoms with Crippen molar-refractivity contribution >= 4 is 0 Å². The third-order valence-electron chi connectivity index (χ3n) is 5.06. The molecule has 0 nitrogen and oxygen atoms in total. The Morgan fingerprint density at radius 3 is 2.56 bits per heavy atom. The first-order valence-corrected chi connectivity index (χ1v) is 7.51. The van der Waals surface area contributed by atoms with E-state index in [0.29, 0.717) is 0 Å². The van der Waals surface area contributed by atoms with E-state index in [1.807, 2.05) is 0 Å². The highest BCUT2D eigenvalue weighted by molar-refractivity contribution is 5.02. The summed E-state index contributed by atoms with van der Waals surface area (Å²) in [5, 5.41) is 0. The summed E-state index contributed by atoms with van der Waals surface area (Å²) in [7, 11) is 0. The fourth-order valence-corrected chi connectivity index (χ4v) is 4.02. The van der Waals surface area contributed by atoms with Gasteiger partial charge in [-0.2, -0.15) is 0 Å². The molecular formula is C16H28. The van der Waals surface area contributed by atoms with Gasteiger partial charge in [-0.05, 0) is 55.8 Å². The fraction of sp³-hybridized carbons (Fsp3) is 0.875. The zero-order valence-corrected chi connectivity index (χ0v) is 11.1. The van der Waals surface area contributed by atoms with Gasteiger partial charge in [0.1, 0.15) is 0 Å². The Morgan fingerprint density at radius 2 is 1.81 bits per heavy atom. The third-order valence-corrected chi connectivity index (χ3v) is 5.06. The lowest BCUT2D eigenvalue weighted by atomic mass is 9.73. The summed E-state index contributed by atoms with van der Waals surface area (Å²) in [6, 6.07) is 0. The van der Waals surface area contributed by atoms with Gasteiger partial charge in [-0.15, -0.1) is 0 Å². The molecule has 0 aromatic rings. The Balaban J connectivity index is 1.96. The smallest absolute Gasteiger partial charge is 0.0202 e. The molecule has 0 N–H and O–H groups in total. The van der Waals surface area contributed by atoms with Gasteiger partial charge in [0.25, 0.3) is 0 Å². The SMILES string of the molecule is CCCC1CCC2CC=CC2CCC1CC. The van der Waals surface area contributed by atoms with E-state index in [-0.39, 0.29) is 0 Å². The molecule has 0 aliphatic heterocycles. The van der Waals surface area contributed by atoms with Crippen LogP contribution in [0.2, 0.25) is 0 Å². The summed E-state index contributed by atoms with van der Waals surface area (Å²) in [5.74, 6) is 4.01. The minimum atomic E-state index is 0.941. The van der Waals surface area contributed by atoms with E-state index in [9.17, 15) is 0 Å². The molecule has 0 aromatic carbocycles. The zero-order valence-electron chi connectivity index (χ0n) is 11.1. The molecule has 2 rings (SSSR count). The van der Waals surface area contributed by atoms with E-state index in [2.05, 4.69) is 26.0 Å². The van der Waals surface area contributed by atoms with E-state index in [0.717, 1.165) is 23.7 Å². The topological polar surface area (TPSA) is 0 Å². The molecule has 2 aliphatic carbocycles. The molecule has 4 unspecified atom stereocenters. The van der Waals surface area contributed by atoms with Gasteiger partial charge in [-0.1, -0.05) is 45.3 Å². The van der Waals surface area contributed by atoms with Gasteiger partial charge in [-0.25, -0.2) is 0 Å². The van der Waals surface area contributed by atoms with Crippen LogP contribution in [-0.4, -0.2) is 0 Å². The monoisotopic (exact) mass is 220 g/mol. The van der Waals surface area contributed by atoms with Crippen LogP contribution in [0.4, 0.5) is 0 Å². The third kappa shape index (κ3) is 2.70. The molecule has 0 radical (unpaired) electrons. The molecule has 0 heteroatoms. The first-order valence-electron chi connectivity index (χ1n) is 7.51. The summed E-state index contributed by atoms with van der Waals surface area (Å²) in [4.78, 5) is 0. The van der Waals surface area contributed by atoms with Gasteiger partial charge in [0.05, 0.1) is 0 Å². The van der Waals surface area contributed by atoms with Crippen molar-refractivity contribution in [3.63, 3.8) is 0 Å². The van der Waals surface area contributed by atoms with Gasteiger partial charge in [0, 0.05) is 0 Å². The summed E-state index contributed by atoms with van der Waals surface area (Å²) in [6.07, 6.45) is 16.6. The summed E-state index contributed by atoms with van der Waals surface area (Å²) in [5.41, 5.74) is 0. The average Bonchev–Trinajstić information content (AvgIpc) is 2.70. The molecule has 0 bridgehead atoms. The van der Waals surface area contributed by atoms with Crippen LogP contribution < -0.4 is 0 Å². The molecule has 0 spiro atoms. The predicted molar refractivity (Wildman–Crippen MR) is 71.4 cm³/mol. The van der Waals surface area contributed by atoms with Crippen LogP contribution >= 0.6 is 0 Å². The highest BCUT2D eigenvalue weighted by atomic mass is 14.3. The molecule has 92 valence electrons. The first-order chi connectivity index (χ1) is 7.85. The van der Waals surface area contributed by atoms with Crippen LogP contribution in [0.1, 0.15) is 65.2 Å². The summed E-state index contributed by atoms with van der Waals surface area (Å²) < 4.78 is 0. The Morgan fingerprint density at radius 1 is 1.00 bits per heavy atom. The van der Waals surface area contributed by atoms with Crippen LogP contribution in [0.25, 0.3) is 0 Å². The minimum Gasteiger partial charge on any atom is -0.0880 e. The summed E-state index contributed by atoms with van der Waals surface area (Å²) >= 11 is 0. The number of rotatable bonds is 3. The van der Waals surface area contributed by atoms with Gasteiger partial charge in [-0.3, -0.25) is 0 Å². The van der Waals surface area contributed by atoms with Crippen molar-refractivity contribution in [2.75, 3.05) is 0 Å². The van der Waals surface area contributed by atoms with Crippen molar-refractivity contribution in [2.24, 2.45) is 23.7 Å². The maximum Gasteiger partial charge on any atom is -0.0202 e. The van der Waals surface area contributed by atoms with Crippen LogP contribution in [0.15, 0.2) is 12.2 Å². The normalized spacial score (nSPS) is 39.1. The van der Waals surface area contributed by atoms with Gasteiger partial charge < -0.3 is 0 Å². The lowest BCUT2D eigenvalue weighted by Gasteiger charge is -2.33. The molecule has 0 amide bonds. The van der Waals surface area contributed by atoms with Crippen molar-refractivity contribution in [3.8, 4) is 0 Å². The molecule has 0 aromatic heterocycles. The van der Waals surface area contributed by atoms with E-state index >= 15 is 0 Å². The standard InChI is InChI=1S/C16H28/c1-3-6-14-11-12-16-8-5-7-15(16)10-9-13(14)4-2/h5,7,13-16H,3-4,6,8-12H2,1-2H3. The van der Waals surface area contributed by atoms with E-state index in [4.69, 9.17) is 0 Å². The maximum absolute atomic E-state index is 2.51. The van der Waals surface area contributed by atoms with Gasteiger partial charge in [0.2, 0.25) is 0 Å². The van der Waals surface area contributed by atoms with Crippen molar-refractivity contribution in [2.45, 2.75) is 65.2 Å². The highest BCUT2D eigenvalue weighted by Crippen LogP contribution is 2.41. The van der Waals surface area contributed by atoms with Crippen molar-refractivity contribution in [3.05, 3.63) is 12.2 Å². The van der Waals surface area contributed by atoms with E-state index < -0.39 is 0 Å². The number of hydrogen-bond acceptors (Lipinski definition) is 0. The number of fused-ring (bicyclic) bond motifs is 1. The van der Waals surface area contributed by atoms with Crippen molar-refractivity contribution in [1.29, 1.82) is 0 Å². The number of allylic oxidation sites excluding steroid dienone is 2. The molecule has 0 saturated heterocycles.